The average molecular weight is 457 g/mol. The third-order valence-corrected chi connectivity index (χ3v) is 5.65. The minimum atomic E-state index is -1.01. The number of ether oxygens (including phenoxy) is 1. The molecule has 8 heteroatoms. The summed E-state index contributed by atoms with van der Waals surface area (Å²) in [4.78, 5) is 24.4. The van der Waals surface area contributed by atoms with E-state index in [2.05, 4.69) is 15.6 Å². The quantitative estimate of drug-likeness (QED) is 0.515. The second kappa shape index (κ2) is 9.19. The first-order valence-corrected chi connectivity index (χ1v) is 10.6. The molecule has 0 aliphatic carbocycles. The number of anilines is 2. The van der Waals surface area contributed by atoms with Gasteiger partial charge in [-0.3, -0.25) is 10.2 Å². The minimum Gasteiger partial charge on any atom is -0.494 e. The van der Waals surface area contributed by atoms with Crippen molar-refractivity contribution in [2.75, 3.05) is 17.5 Å². The summed E-state index contributed by atoms with van der Waals surface area (Å²) >= 11 is 0. The highest BCUT2D eigenvalue weighted by Gasteiger charge is 2.31. The summed E-state index contributed by atoms with van der Waals surface area (Å²) in [5.41, 5.74) is 8.55. The van der Waals surface area contributed by atoms with Gasteiger partial charge in [-0.05, 0) is 67.8 Å². The number of carbonyl (C=O) groups is 2. The fourth-order valence-corrected chi connectivity index (χ4v) is 3.67. The highest BCUT2D eigenvalue weighted by atomic mass is 16.5. The number of hydrazone groups is 2. The van der Waals surface area contributed by atoms with Crippen LogP contribution >= 0.6 is 0 Å². The molecule has 0 saturated carbocycles. The number of aryl methyl sites for hydroxylation is 2. The largest absolute Gasteiger partial charge is 0.494 e. The molecule has 0 spiro atoms. The standard InChI is InChI=1S/C26H24N4O4/c1-15-11-12-20(13-16(15)2)30-25(31)23(17(3)29-30)28-27-22-10-6-9-21(24(22)34-4)18-7-5-8-19(14-18)26(32)33/h5-14,27H,1-4H3,(H,32,33). The minimum absolute atomic E-state index is 0.174. The van der Waals surface area contributed by atoms with E-state index in [4.69, 9.17) is 4.74 Å². The number of hydrogen-bond donors (Lipinski definition) is 2. The van der Waals surface area contributed by atoms with Gasteiger partial charge in [-0.15, -0.1) is 0 Å². The molecule has 3 aromatic rings. The summed E-state index contributed by atoms with van der Waals surface area (Å²) in [6.07, 6.45) is 0. The van der Waals surface area contributed by atoms with Crippen LogP contribution in [-0.4, -0.2) is 35.5 Å². The molecule has 0 radical (unpaired) electrons. The molecule has 4 rings (SSSR count). The fourth-order valence-electron chi connectivity index (χ4n) is 3.67. The summed E-state index contributed by atoms with van der Waals surface area (Å²) in [7, 11) is 1.52. The third-order valence-electron chi connectivity index (χ3n) is 5.65. The van der Waals surface area contributed by atoms with Crippen LogP contribution in [0.4, 0.5) is 11.4 Å². The predicted octanol–water partition coefficient (Wildman–Crippen LogP) is 4.87. The molecule has 1 amide bonds. The van der Waals surface area contributed by atoms with Crippen LogP contribution in [0.25, 0.3) is 11.1 Å². The molecule has 0 atom stereocenters. The maximum absolute atomic E-state index is 13.0. The van der Waals surface area contributed by atoms with Gasteiger partial charge >= 0.3 is 11.9 Å². The predicted molar refractivity (Wildman–Crippen MR) is 133 cm³/mol. The summed E-state index contributed by atoms with van der Waals surface area (Å²) in [6, 6.07) is 17.7. The van der Waals surface area contributed by atoms with E-state index in [1.807, 2.05) is 38.1 Å². The summed E-state index contributed by atoms with van der Waals surface area (Å²) in [5.74, 6) is -0.873. The van der Waals surface area contributed by atoms with Crippen LogP contribution in [0.15, 0.2) is 70.9 Å². The van der Waals surface area contributed by atoms with Gasteiger partial charge in [0, 0.05) is 5.56 Å². The zero-order valence-corrected chi connectivity index (χ0v) is 19.3. The Labute approximate surface area is 197 Å². The smallest absolute Gasteiger partial charge is 0.335 e. The number of nitrogens with one attached hydrogen (secondary N) is 1. The number of hydrogen-bond acceptors (Lipinski definition) is 6. The molecule has 0 bridgehead atoms. The molecule has 1 aliphatic heterocycles. The SMILES string of the molecule is COc1c(NN=C2C(=O)N(c3ccc(C)c(C)c3)N=C2C)cccc1-c1cccc(C(=O)O)c1. The van der Waals surface area contributed by atoms with Crippen LogP contribution in [0.2, 0.25) is 0 Å². The Morgan fingerprint density at radius 2 is 1.79 bits per heavy atom. The molecule has 0 fully saturated rings. The lowest BCUT2D eigenvalue weighted by atomic mass is 10.0. The first kappa shape index (κ1) is 22.7. The molecule has 8 nitrogen and oxygen atoms in total. The van der Waals surface area contributed by atoms with Gasteiger partial charge in [-0.1, -0.05) is 30.3 Å². The summed E-state index contributed by atoms with van der Waals surface area (Å²) in [5, 5.41) is 19.4. The lowest BCUT2D eigenvalue weighted by Crippen LogP contribution is -2.28. The van der Waals surface area contributed by atoms with Crippen LogP contribution in [0.3, 0.4) is 0 Å². The maximum atomic E-state index is 13.0. The van der Waals surface area contributed by atoms with Crippen molar-refractivity contribution in [1.82, 2.24) is 0 Å². The van der Waals surface area contributed by atoms with Crippen LogP contribution in [0.5, 0.6) is 5.75 Å². The molecule has 0 saturated heterocycles. The fraction of sp³-hybridized carbons (Fsp3) is 0.154. The molecular formula is C26H24N4O4. The zero-order valence-electron chi connectivity index (χ0n) is 19.3. The van der Waals surface area contributed by atoms with Gasteiger partial charge < -0.3 is 9.84 Å². The normalized spacial score (nSPS) is 14.4. The van der Waals surface area contributed by atoms with Gasteiger partial charge in [0.2, 0.25) is 0 Å². The molecule has 34 heavy (non-hydrogen) atoms. The number of carboxylic acid groups (broad SMARTS) is 1. The van der Waals surface area contributed by atoms with E-state index < -0.39 is 5.97 Å². The van der Waals surface area contributed by atoms with Crippen molar-refractivity contribution in [3.63, 3.8) is 0 Å². The molecule has 1 aliphatic rings. The summed E-state index contributed by atoms with van der Waals surface area (Å²) in [6.45, 7) is 5.72. The monoisotopic (exact) mass is 456 g/mol. The number of methoxy groups -OCH3 is 1. The van der Waals surface area contributed by atoms with Gasteiger partial charge in [0.25, 0.3) is 0 Å². The van der Waals surface area contributed by atoms with Crippen molar-refractivity contribution in [3.8, 4) is 16.9 Å². The molecule has 3 aromatic carbocycles. The van der Waals surface area contributed by atoms with Gasteiger partial charge in [-0.25, -0.2) is 4.79 Å². The zero-order chi connectivity index (χ0) is 24.4. The first-order valence-electron chi connectivity index (χ1n) is 10.6. The van der Waals surface area contributed by atoms with E-state index >= 15 is 0 Å². The highest BCUT2D eigenvalue weighted by Crippen LogP contribution is 2.37. The Balaban J connectivity index is 1.64. The highest BCUT2D eigenvalue weighted by molar-refractivity contribution is 6.71. The van der Waals surface area contributed by atoms with Crippen LogP contribution < -0.4 is 15.2 Å². The van der Waals surface area contributed by atoms with Crippen molar-refractivity contribution < 1.29 is 19.4 Å². The van der Waals surface area contributed by atoms with Crippen molar-refractivity contribution >= 4 is 34.7 Å². The Morgan fingerprint density at radius 3 is 2.50 bits per heavy atom. The van der Waals surface area contributed by atoms with Gasteiger partial charge in [0.15, 0.2) is 11.5 Å². The van der Waals surface area contributed by atoms with Crippen molar-refractivity contribution in [3.05, 3.63) is 77.4 Å². The molecule has 2 N–H and O–H groups in total. The molecule has 172 valence electrons. The molecular weight excluding hydrogens is 432 g/mol. The van der Waals surface area contributed by atoms with Crippen LogP contribution in [0.1, 0.15) is 28.4 Å². The van der Waals surface area contributed by atoms with Gasteiger partial charge in [0.05, 0.1) is 29.8 Å². The number of carboxylic acids is 1. The number of amides is 1. The Morgan fingerprint density at radius 1 is 1.03 bits per heavy atom. The number of nitrogens with zero attached hydrogens (tertiary/aromatic N) is 3. The Kier molecular flexibility index (Phi) is 6.14. The molecule has 0 aromatic heterocycles. The molecule has 0 unspecified atom stereocenters. The van der Waals surface area contributed by atoms with E-state index in [1.54, 1.807) is 37.3 Å². The van der Waals surface area contributed by atoms with E-state index in [0.717, 1.165) is 11.1 Å². The van der Waals surface area contributed by atoms with Gasteiger partial charge in [-0.2, -0.15) is 15.2 Å². The number of aromatic carboxylic acids is 1. The van der Waals surface area contributed by atoms with Crippen molar-refractivity contribution in [2.24, 2.45) is 10.2 Å². The Bertz CT molecular complexity index is 1360. The Hall–Kier alpha value is -4.46. The van der Waals surface area contributed by atoms with Gasteiger partial charge in [0.1, 0.15) is 0 Å². The van der Waals surface area contributed by atoms with E-state index in [-0.39, 0.29) is 17.2 Å². The number of para-hydroxylation sites is 1. The molecule has 1 heterocycles. The number of rotatable bonds is 6. The number of carbonyl (C=O) groups excluding carboxylic acids is 1. The first-order chi connectivity index (χ1) is 16.3. The topological polar surface area (TPSA) is 104 Å². The lowest BCUT2D eigenvalue weighted by molar-refractivity contribution is -0.112. The third kappa shape index (κ3) is 4.25. The van der Waals surface area contributed by atoms with Crippen LogP contribution in [-0.2, 0) is 4.79 Å². The van der Waals surface area contributed by atoms with E-state index in [9.17, 15) is 14.7 Å². The lowest BCUT2D eigenvalue weighted by Gasteiger charge is -2.14. The maximum Gasteiger partial charge on any atom is 0.335 e. The summed E-state index contributed by atoms with van der Waals surface area (Å²) < 4.78 is 5.61. The van der Waals surface area contributed by atoms with Crippen molar-refractivity contribution in [2.45, 2.75) is 20.8 Å². The van der Waals surface area contributed by atoms with Crippen LogP contribution in [0, 0.1) is 13.8 Å². The van der Waals surface area contributed by atoms with Crippen molar-refractivity contribution in [1.29, 1.82) is 0 Å². The van der Waals surface area contributed by atoms with E-state index in [1.165, 1.54) is 18.2 Å². The van der Waals surface area contributed by atoms with E-state index in [0.29, 0.717) is 34.0 Å². The second-order valence-electron chi connectivity index (χ2n) is 7.92. The second-order valence-corrected chi connectivity index (χ2v) is 7.92. The number of benzene rings is 3. The average Bonchev–Trinajstić information content (AvgIpc) is 3.12.